The summed E-state index contributed by atoms with van der Waals surface area (Å²) >= 11 is 4.99. The minimum atomic E-state index is -0.499. The molecule has 0 saturated carbocycles. The molecule has 1 unspecified atom stereocenters. The molecule has 0 aliphatic heterocycles. The smallest absolute Gasteiger partial charge is 0.237 e. The van der Waals surface area contributed by atoms with Crippen molar-refractivity contribution in [3.8, 4) is 0 Å². The van der Waals surface area contributed by atoms with Crippen LogP contribution in [0.15, 0.2) is 28.6 Å². The Balaban J connectivity index is 2.40. The van der Waals surface area contributed by atoms with Crippen LogP contribution in [0.3, 0.4) is 0 Å². The number of carbonyl (C=O) groups excluding carboxylic acids is 1. The lowest BCUT2D eigenvalue weighted by Gasteiger charge is -2.09. The first-order chi connectivity index (χ1) is 7.15. The van der Waals surface area contributed by atoms with Gasteiger partial charge in [0.1, 0.15) is 0 Å². The molecule has 0 aliphatic rings. The van der Waals surface area contributed by atoms with E-state index in [1.165, 1.54) is 0 Å². The van der Waals surface area contributed by atoms with Crippen LogP contribution in [0.2, 0.25) is 0 Å². The van der Waals surface area contributed by atoms with Gasteiger partial charge in [0.15, 0.2) is 0 Å². The van der Waals surface area contributed by atoms with Crippen molar-refractivity contribution in [1.82, 2.24) is 5.32 Å². The van der Waals surface area contributed by atoms with Gasteiger partial charge in [0.25, 0.3) is 0 Å². The second kappa shape index (κ2) is 6.05. The summed E-state index contributed by atoms with van der Waals surface area (Å²) in [5, 5.41) is 4.75. The number of rotatable bonds is 5. The molecular formula is C10H13BrN2OS. The number of amides is 1. The van der Waals surface area contributed by atoms with E-state index in [0.29, 0.717) is 13.0 Å². The van der Waals surface area contributed by atoms with Gasteiger partial charge in [-0.25, -0.2) is 0 Å². The molecular weight excluding hydrogens is 276 g/mol. The van der Waals surface area contributed by atoms with E-state index in [4.69, 9.17) is 5.73 Å². The summed E-state index contributed by atoms with van der Waals surface area (Å²) in [6, 6.07) is 1.46. The monoisotopic (exact) mass is 288 g/mol. The van der Waals surface area contributed by atoms with E-state index >= 15 is 0 Å². The predicted octanol–water partition coefficient (Wildman–Crippen LogP) is 2.03. The Kier molecular flexibility index (Phi) is 5.01. The molecule has 3 nitrogen and oxygen atoms in total. The summed E-state index contributed by atoms with van der Waals surface area (Å²) in [5.74, 6) is -0.143. The number of hydrogen-bond donors (Lipinski definition) is 2. The Hall–Kier alpha value is -0.650. The largest absolute Gasteiger partial charge is 0.350 e. The molecule has 1 aromatic heterocycles. The molecule has 82 valence electrons. The highest BCUT2D eigenvalue weighted by Crippen LogP contribution is 2.22. The summed E-state index contributed by atoms with van der Waals surface area (Å²) in [6.45, 7) is 4.06. The van der Waals surface area contributed by atoms with Gasteiger partial charge in [0.05, 0.1) is 12.6 Å². The minimum Gasteiger partial charge on any atom is -0.350 e. The van der Waals surface area contributed by atoms with Crippen LogP contribution in [-0.4, -0.2) is 11.9 Å². The van der Waals surface area contributed by atoms with Crippen LogP contribution in [0.1, 0.15) is 11.3 Å². The molecule has 5 heteroatoms. The zero-order valence-corrected chi connectivity index (χ0v) is 10.6. The van der Waals surface area contributed by atoms with Crippen LogP contribution >= 0.6 is 27.3 Å². The van der Waals surface area contributed by atoms with Crippen molar-refractivity contribution in [1.29, 1.82) is 0 Å². The Morgan fingerprint density at radius 3 is 3.07 bits per heavy atom. The van der Waals surface area contributed by atoms with Crippen molar-refractivity contribution >= 4 is 33.2 Å². The average Bonchev–Trinajstić information content (AvgIpc) is 2.61. The Morgan fingerprint density at radius 1 is 1.80 bits per heavy atom. The van der Waals surface area contributed by atoms with Crippen LogP contribution in [0.4, 0.5) is 0 Å². The van der Waals surface area contributed by atoms with Crippen molar-refractivity contribution in [2.24, 2.45) is 5.73 Å². The van der Waals surface area contributed by atoms with Gasteiger partial charge in [0.2, 0.25) is 5.91 Å². The number of thiophene rings is 1. The molecule has 0 aromatic carbocycles. The highest BCUT2D eigenvalue weighted by molar-refractivity contribution is 9.10. The summed E-state index contributed by atoms with van der Waals surface area (Å²) in [5.41, 5.74) is 5.61. The van der Waals surface area contributed by atoms with Crippen LogP contribution in [0, 0.1) is 0 Å². The van der Waals surface area contributed by atoms with E-state index in [2.05, 4.69) is 27.8 Å². The molecule has 0 saturated heterocycles. The van der Waals surface area contributed by atoms with Crippen LogP contribution in [0.5, 0.6) is 0 Å². The fraction of sp³-hybridized carbons (Fsp3) is 0.300. The molecule has 0 radical (unpaired) electrons. The molecule has 3 N–H and O–H groups in total. The first kappa shape index (κ1) is 12.4. The van der Waals surface area contributed by atoms with E-state index in [0.717, 1.165) is 9.35 Å². The van der Waals surface area contributed by atoms with Crippen molar-refractivity contribution in [3.63, 3.8) is 0 Å². The first-order valence-electron chi connectivity index (χ1n) is 4.51. The second-order valence-corrected chi connectivity index (χ2v) is 4.90. The maximum Gasteiger partial charge on any atom is 0.237 e. The molecule has 0 bridgehead atoms. The number of nitrogens with two attached hydrogens (primary N) is 1. The minimum absolute atomic E-state index is 0.143. The lowest BCUT2D eigenvalue weighted by Crippen LogP contribution is -2.39. The summed E-state index contributed by atoms with van der Waals surface area (Å²) in [6.07, 6.45) is 2.14. The maximum atomic E-state index is 11.4. The quantitative estimate of drug-likeness (QED) is 0.815. The molecule has 0 aliphatic carbocycles. The zero-order chi connectivity index (χ0) is 11.3. The van der Waals surface area contributed by atoms with Gasteiger partial charge < -0.3 is 11.1 Å². The number of nitrogens with one attached hydrogen (secondary N) is 1. The van der Waals surface area contributed by atoms with Gasteiger partial charge in [-0.3, -0.25) is 4.79 Å². The Morgan fingerprint density at radius 2 is 2.53 bits per heavy atom. The third kappa shape index (κ3) is 3.77. The van der Waals surface area contributed by atoms with E-state index in [-0.39, 0.29) is 5.91 Å². The van der Waals surface area contributed by atoms with Crippen molar-refractivity contribution < 1.29 is 4.79 Å². The molecule has 1 rings (SSSR count). The fourth-order valence-corrected chi connectivity index (χ4v) is 2.47. The molecule has 0 spiro atoms. The summed E-state index contributed by atoms with van der Waals surface area (Å²) in [4.78, 5) is 12.5. The van der Waals surface area contributed by atoms with Crippen molar-refractivity contribution in [3.05, 3.63) is 33.5 Å². The van der Waals surface area contributed by atoms with Gasteiger partial charge in [-0.2, -0.15) is 0 Å². The van der Waals surface area contributed by atoms with E-state index in [9.17, 15) is 4.79 Å². The molecule has 1 heterocycles. The second-order valence-electron chi connectivity index (χ2n) is 3.04. The van der Waals surface area contributed by atoms with Gasteiger partial charge in [-0.1, -0.05) is 6.08 Å². The van der Waals surface area contributed by atoms with E-state index in [1.807, 2.05) is 11.4 Å². The lowest BCUT2D eigenvalue weighted by atomic mass is 10.2. The number of hydrogen-bond acceptors (Lipinski definition) is 3. The van der Waals surface area contributed by atoms with Crippen LogP contribution in [0.25, 0.3) is 0 Å². The van der Waals surface area contributed by atoms with Gasteiger partial charge in [-0.05, 0) is 33.8 Å². The van der Waals surface area contributed by atoms with Gasteiger partial charge in [-0.15, -0.1) is 17.9 Å². The summed E-state index contributed by atoms with van der Waals surface area (Å²) in [7, 11) is 0. The standard InChI is InChI=1S/C10H13BrN2OS/c1-2-3-8(12)10(14)13-6-9-7(11)4-5-15-9/h2,4-5,8H,1,3,6,12H2,(H,13,14). The topological polar surface area (TPSA) is 55.1 Å². The highest BCUT2D eigenvalue weighted by atomic mass is 79.9. The van der Waals surface area contributed by atoms with E-state index < -0.39 is 6.04 Å². The number of carbonyl (C=O) groups is 1. The Bertz CT molecular complexity index is 351. The maximum absolute atomic E-state index is 11.4. The third-order valence-corrected chi connectivity index (χ3v) is 3.80. The van der Waals surface area contributed by atoms with Crippen molar-refractivity contribution in [2.45, 2.75) is 19.0 Å². The molecule has 0 fully saturated rings. The Labute approximate surface area is 101 Å². The van der Waals surface area contributed by atoms with Gasteiger partial charge >= 0.3 is 0 Å². The molecule has 1 atom stereocenters. The lowest BCUT2D eigenvalue weighted by molar-refractivity contribution is -0.122. The average molecular weight is 289 g/mol. The normalized spacial score (nSPS) is 12.1. The number of halogens is 1. The SMILES string of the molecule is C=CCC(N)C(=O)NCc1sccc1Br. The zero-order valence-electron chi connectivity index (χ0n) is 8.20. The molecule has 1 amide bonds. The molecule has 15 heavy (non-hydrogen) atoms. The third-order valence-electron chi connectivity index (χ3n) is 1.87. The predicted molar refractivity (Wildman–Crippen MR) is 66.7 cm³/mol. The van der Waals surface area contributed by atoms with Crippen LogP contribution < -0.4 is 11.1 Å². The highest BCUT2D eigenvalue weighted by Gasteiger charge is 2.11. The summed E-state index contributed by atoms with van der Waals surface area (Å²) < 4.78 is 1.02. The first-order valence-corrected chi connectivity index (χ1v) is 6.18. The van der Waals surface area contributed by atoms with E-state index in [1.54, 1.807) is 17.4 Å². The van der Waals surface area contributed by atoms with Crippen LogP contribution in [-0.2, 0) is 11.3 Å². The molecule has 1 aromatic rings. The fourth-order valence-electron chi connectivity index (χ4n) is 1.04. The van der Waals surface area contributed by atoms with Gasteiger partial charge in [0, 0.05) is 9.35 Å². The van der Waals surface area contributed by atoms with Crippen molar-refractivity contribution in [2.75, 3.05) is 0 Å².